The fourth-order valence-electron chi connectivity index (χ4n) is 3.28. The van der Waals surface area contributed by atoms with Crippen LogP contribution in [0.1, 0.15) is 17.8 Å². The Bertz CT molecular complexity index is 788. The summed E-state index contributed by atoms with van der Waals surface area (Å²) in [7, 11) is 5.85. The van der Waals surface area contributed by atoms with Crippen molar-refractivity contribution >= 4 is 11.7 Å². The minimum atomic E-state index is -0.0316. The molecule has 1 atom stereocenters. The average Bonchev–Trinajstić information content (AvgIpc) is 3.13. The van der Waals surface area contributed by atoms with Gasteiger partial charge >= 0.3 is 0 Å². The van der Waals surface area contributed by atoms with E-state index in [0.717, 1.165) is 49.0 Å². The van der Waals surface area contributed by atoms with Crippen LogP contribution < -0.4 is 10.1 Å². The van der Waals surface area contributed by atoms with Gasteiger partial charge in [0.2, 0.25) is 5.91 Å². The number of amides is 1. The molecular weight excluding hydrogens is 344 g/mol. The molecule has 1 amide bonds. The van der Waals surface area contributed by atoms with Gasteiger partial charge in [0.15, 0.2) is 0 Å². The van der Waals surface area contributed by atoms with Crippen LogP contribution in [0.25, 0.3) is 0 Å². The number of ether oxygens (including phenoxy) is 1. The molecule has 3 heterocycles. The van der Waals surface area contributed by atoms with Crippen LogP contribution >= 0.6 is 0 Å². The zero-order chi connectivity index (χ0) is 19.4. The van der Waals surface area contributed by atoms with Gasteiger partial charge < -0.3 is 15.0 Å². The van der Waals surface area contributed by atoms with Crippen molar-refractivity contribution in [3.05, 3.63) is 35.8 Å². The van der Waals surface area contributed by atoms with Crippen molar-refractivity contribution in [3.8, 4) is 5.75 Å². The Morgan fingerprint density at radius 3 is 2.93 bits per heavy atom. The Labute approximate surface area is 160 Å². The van der Waals surface area contributed by atoms with E-state index in [-0.39, 0.29) is 12.0 Å². The van der Waals surface area contributed by atoms with Crippen LogP contribution in [0.3, 0.4) is 0 Å². The predicted molar refractivity (Wildman–Crippen MR) is 104 cm³/mol. The van der Waals surface area contributed by atoms with Gasteiger partial charge in [0, 0.05) is 45.0 Å². The molecule has 0 spiro atoms. The number of pyridine rings is 1. The zero-order valence-corrected chi connectivity index (χ0v) is 16.5. The number of carbonyl (C=O) groups is 1. The van der Waals surface area contributed by atoms with Gasteiger partial charge in [0.05, 0.1) is 17.9 Å². The van der Waals surface area contributed by atoms with E-state index in [1.165, 1.54) is 0 Å². The highest BCUT2D eigenvalue weighted by Crippen LogP contribution is 2.19. The number of rotatable bonds is 7. The molecule has 0 aliphatic carbocycles. The first-order valence-electron chi connectivity index (χ1n) is 9.18. The number of anilines is 1. The number of hydrogen-bond acceptors (Lipinski definition) is 6. The van der Waals surface area contributed by atoms with Crippen LogP contribution in [0.2, 0.25) is 0 Å². The highest BCUT2D eigenvalue weighted by molar-refractivity contribution is 5.91. The van der Waals surface area contributed by atoms with Crippen molar-refractivity contribution in [2.75, 3.05) is 39.0 Å². The standard InChI is InChI=1S/C19H28N6O2/c1-14-9-18(24(4)22-14)21-19(26)13-25-8-6-17(12-25)27-16-5-7-20-15(10-16)11-23(2)3/h5,7,9-10,17H,6,8,11-13H2,1-4H3,(H,21,26). The Hall–Kier alpha value is -2.45. The van der Waals surface area contributed by atoms with Gasteiger partial charge in [-0.1, -0.05) is 0 Å². The first-order chi connectivity index (χ1) is 12.9. The quantitative estimate of drug-likeness (QED) is 0.789. The lowest BCUT2D eigenvalue weighted by Crippen LogP contribution is -2.33. The molecule has 0 aromatic carbocycles. The molecule has 146 valence electrons. The van der Waals surface area contributed by atoms with Crippen LogP contribution in [-0.4, -0.2) is 70.3 Å². The predicted octanol–water partition coefficient (Wildman–Crippen LogP) is 1.28. The van der Waals surface area contributed by atoms with Crippen molar-refractivity contribution in [2.45, 2.75) is 26.0 Å². The Morgan fingerprint density at radius 2 is 2.22 bits per heavy atom. The summed E-state index contributed by atoms with van der Waals surface area (Å²) in [5, 5.41) is 7.15. The molecule has 1 fully saturated rings. The topological polar surface area (TPSA) is 75.5 Å². The van der Waals surface area contributed by atoms with Crippen molar-refractivity contribution < 1.29 is 9.53 Å². The summed E-state index contributed by atoms with van der Waals surface area (Å²) in [6.07, 6.45) is 2.78. The first-order valence-corrected chi connectivity index (χ1v) is 9.18. The van der Waals surface area contributed by atoms with E-state index in [1.54, 1.807) is 10.9 Å². The highest BCUT2D eigenvalue weighted by Gasteiger charge is 2.25. The number of carbonyl (C=O) groups excluding carboxylic acids is 1. The lowest BCUT2D eigenvalue weighted by Gasteiger charge is -2.17. The van der Waals surface area contributed by atoms with E-state index in [9.17, 15) is 4.79 Å². The summed E-state index contributed by atoms with van der Waals surface area (Å²) in [4.78, 5) is 20.9. The van der Waals surface area contributed by atoms with E-state index in [0.29, 0.717) is 6.54 Å². The third-order valence-corrected chi connectivity index (χ3v) is 4.43. The minimum absolute atomic E-state index is 0.0316. The minimum Gasteiger partial charge on any atom is -0.489 e. The van der Waals surface area contributed by atoms with E-state index in [2.05, 4.69) is 25.2 Å². The molecule has 8 heteroatoms. The molecule has 0 bridgehead atoms. The largest absolute Gasteiger partial charge is 0.489 e. The number of hydrogen-bond donors (Lipinski definition) is 1. The monoisotopic (exact) mass is 372 g/mol. The van der Waals surface area contributed by atoms with Gasteiger partial charge in [-0.25, -0.2) is 0 Å². The van der Waals surface area contributed by atoms with Crippen LogP contribution in [0.5, 0.6) is 5.75 Å². The van der Waals surface area contributed by atoms with Gasteiger partial charge in [-0.15, -0.1) is 0 Å². The molecule has 1 aliphatic heterocycles. The smallest absolute Gasteiger partial charge is 0.239 e. The normalized spacial score (nSPS) is 17.4. The van der Waals surface area contributed by atoms with Crippen LogP contribution in [0, 0.1) is 6.92 Å². The van der Waals surface area contributed by atoms with Crippen molar-refractivity contribution in [1.29, 1.82) is 0 Å². The summed E-state index contributed by atoms with van der Waals surface area (Å²) >= 11 is 0. The summed E-state index contributed by atoms with van der Waals surface area (Å²) < 4.78 is 7.78. The van der Waals surface area contributed by atoms with E-state index in [1.807, 2.05) is 46.3 Å². The van der Waals surface area contributed by atoms with Gasteiger partial charge in [0.1, 0.15) is 17.7 Å². The molecule has 0 radical (unpaired) electrons. The van der Waals surface area contributed by atoms with Gasteiger partial charge in [-0.3, -0.25) is 19.4 Å². The summed E-state index contributed by atoms with van der Waals surface area (Å²) in [6, 6.07) is 5.74. The Balaban J connectivity index is 1.48. The van der Waals surface area contributed by atoms with Crippen LogP contribution in [0.4, 0.5) is 5.82 Å². The van der Waals surface area contributed by atoms with E-state index >= 15 is 0 Å². The van der Waals surface area contributed by atoms with Crippen molar-refractivity contribution in [1.82, 2.24) is 24.6 Å². The lowest BCUT2D eigenvalue weighted by atomic mass is 10.3. The first kappa shape index (κ1) is 19.3. The molecule has 2 aromatic heterocycles. The molecule has 2 aromatic rings. The highest BCUT2D eigenvalue weighted by atomic mass is 16.5. The lowest BCUT2D eigenvalue weighted by molar-refractivity contribution is -0.117. The second-order valence-corrected chi connectivity index (χ2v) is 7.33. The second kappa shape index (κ2) is 8.49. The SMILES string of the molecule is Cc1cc(NC(=O)CN2CCC(Oc3ccnc(CN(C)C)c3)C2)n(C)n1. The van der Waals surface area contributed by atoms with Crippen LogP contribution in [0.15, 0.2) is 24.4 Å². The van der Waals surface area contributed by atoms with Gasteiger partial charge in [-0.2, -0.15) is 5.10 Å². The van der Waals surface area contributed by atoms with E-state index < -0.39 is 0 Å². The summed E-state index contributed by atoms with van der Waals surface area (Å²) in [6.45, 7) is 4.62. The van der Waals surface area contributed by atoms with Gasteiger partial charge in [-0.05, 0) is 33.5 Å². The Morgan fingerprint density at radius 1 is 1.41 bits per heavy atom. The maximum Gasteiger partial charge on any atom is 0.239 e. The summed E-state index contributed by atoms with van der Waals surface area (Å²) in [5.41, 5.74) is 1.87. The molecule has 1 unspecified atom stereocenters. The second-order valence-electron chi connectivity index (χ2n) is 7.33. The average molecular weight is 372 g/mol. The molecule has 1 saturated heterocycles. The number of likely N-dealkylation sites (tertiary alicyclic amines) is 1. The van der Waals surface area contributed by atoms with Gasteiger partial charge in [0.25, 0.3) is 0 Å². The maximum absolute atomic E-state index is 12.3. The molecule has 1 aliphatic rings. The van der Waals surface area contributed by atoms with Crippen molar-refractivity contribution in [2.24, 2.45) is 7.05 Å². The van der Waals surface area contributed by atoms with Crippen LogP contribution in [-0.2, 0) is 18.4 Å². The molecule has 1 N–H and O–H groups in total. The number of nitrogens with one attached hydrogen (secondary N) is 1. The maximum atomic E-state index is 12.3. The van der Waals surface area contributed by atoms with Crippen molar-refractivity contribution in [3.63, 3.8) is 0 Å². The molecule has 0 saturated carbocycles. The zero-order valence-electron chi connectivity index (χ0n) is 16.5. The number of aryl methyl sites for hydroxylation is 2. The fraction of sp³-hybridized carbons (Fsp3) is 0.526. The number of aromatic nitrogens is 3. The third kappa shape index (κ3) is 5.51. The third-order valence-electron chi connectivity index (χ3n) is 4.43. The molecule has 3 rings (SSSR count). The fourth-order valence-corrected chi connectivity index (χ4v) is 3.28. The summed E-state index contributed by atoms with van der Waals surface area (Å²) in [5.74, 6) is 1.52. The Kier molecular flexibility index (Phi) is 6.08. The number of nitrogens with zero attached hydrogens (tertiary/aromatic N) is 5. The molecule has 27 heavy (non-hydrogen) atoms. The molecule has 8 nitrogen and oxygen atoms in total. The van der Waals surface area contributed by atoms with E-state index in [4.69, 9.17) is 4.74 Å². The molecular formula is C19H28N6O2.